The second-order valence-electron chi connectivity index (χ2n) is 5.19. The maximum absolute atomic E-state index is 6.12. The van der Waals surface area contributed by atoms with E-state index in [1.54, 1.807) is 4.68 Å². The lowest BCUT2D eigenvalue weighted by Crippen LogP contribution is -2.37. The number of rotatable bonds is 3. The molecule has 0 aliphatic carbocycles. The van der Waals surface area contributed by atoms with Crippen molar-refractivity contribution >= 4 is 23.4 Å². The molecule has 0 atom stereocenters. The summed E-state index contributed by atoms with van der Waals surface area (Å²) in [5.74, 6) is 0.741. The summed E-state index contributed by atoms with van der Waals surface area (Å²) >= 11 is 7.98. The Balaban J connectivity index is 2.07. The van der Waals surface area contributed by atoms with Gasteiger partial charge in [0, 0.05) is 18.0 Å². The SMILES string of the molecule is Cn1cc(SC(C)(C)C2CCNCC2)c(Cl)n1. The van der Waals surface area contributed by atoms with Crippen LogP contribution < -0.4 is 5.32 Å². The molecule has 1 aromatic heterocycles. The summed E-state index contributed by atoms with van der Waals surface area (Å²) in [4.78, 5) is 1.10. The Labute approximate surface area is 112 Å². The number of hydrogen-bond acceptors (Lipinski definition) is 3. The van der Waals surface area contributed by atoms with Gasteiger partial charge in [-0.1, -0.05) is 25.4 Å². The summed E-state index contributed by atoms with van der Waals surface area (Å²) in [5, 5.41) is 8.23. The molecule has 1 aromatic rings. The van der Waals surface area contributed by atoms with Crippen LogP contribution in [0.1, 0.15) is 26.7 Å². The first-order chi connectivity index (χ1) is 7.99. The lowest BCUT2D eigenvalue weighted by molar-refractivity contribution is 0.317. The minimum atomic E-state index is 0.217. The van der Waals surface area contributed by atoms with Gasteiger partial charge in [0.05, 0.1) is 4.90 Å². The number of nitrogens with zero attached hydrogens (tertiary/aromatic N) is 2. The van der Waals surface area contributed by atoms with Crippen LogP contribution in [0.25, 0.3) is 0 Å². The van der Waals surface area contributed by atoms with E-state index in [0.29, 0.717) is 5.15 Å². The summed E-state index contributed by atoms with van der Waals surface area (Å²) in [5.41, 5.74) is 0. The molecule has 96 valence electrons. The van der Waals surface area contributed by atoms with Crippen molar-refractivity contribution in [2.24, 2.45) is 13.0 Å². The average molecular weight is 274 g/mol. The number of thioether (sulfide) groups is 1. The van der Waals surface area contributed by atoms with Gasteiger partial charge in [-0.15, -0.1) is 11.8 Å². The quantitative estimate of drug-likeness (QED) is 0.859. The van der Waals surface area contributed by atoms with Crippen molar-refractivity contribution in [3.63, 3.8) is 0 Å². The van der Waals surface area contributed by atoms with Crippen molar-refractivity contribution in [3.8, 4) is 0 Å². The molecule has 17 heavy (non-hydrogen) atoms. The maximum atomic E-state index is 6.12. The van der Waals surface area contributed by atoms with Crippen molar-refractivity contribution in [2.75, 3.05) is 13.1 Å². The Morgan fingerprint density at radius 2 is 2.12 bits per heavy atom. The van der Waals surface area contributed by atoms with Crippen LogP contribution in [0.5, 0.6) is 0 Å². The minimum absolute atomic E-state index is 0.217. The van der Waals surface area contributed by atoms with E-state index in [0.717, 1.165) is 23.9 Å². The highest BCUT2D eigenvalue weighted by Crippen LogP contribution is 2.43. The van der Waals surface area contributed by atoms with Crippen LogP contribution in [0, 0.1) is 5.92 Å². The zero-order valence-corrected chi connectivity index (χ0v) is 12.2. The second kappa shape index (κ2) is 5.21. The molecule has 1 aliphatic rings. The fourth-order valence-corrected chi connectivity index (χ4v) is 3.98. The largest absolute Gasteiger partial charge is 0.317 e. The van der Waals surface area contributed by atoms with Crippen LogP contribution in [0.2, 0.25) is 5.15 Å². The predicted molar refractivity (Wildman–Crippen MR) is 73.7 cm³/mol. The highest BCUT2D eigenvalue weighted by molar-refractivity contribution is 8.00. The zero-order chi connectivity index (χ0) is 12.5. The van der Waals surface area contributed by atoms with E-state index < -0.39 is 0 Å². The Kier molecular flexibility index (Phi) is 4.06. The van der Waals surface area contributed by atoms with Crippen LogP contribution in [-0.2, 0) is 7.05 Å². The van der Waals surface area contributed by atoms with Crippen molar-refractivity contribution in [1.29, 1.82) is 0 Å². The van der Waals surface area contributed by atoms with E-state index in [9.17, 15) is 0 Å². The molecule has 0 saturated carbocycles. The number of aromatic nitrogens is 2. The highest BCUT2D eigenvalue weighted by Gasteiger charge is 2.32. The van der Waals surface area contributed by atoms with Gasteiger partial charge in [-0.25, -0.2) is 0 Å². The van der Waals surface area contributed by atoms with Gasteiger partial charge in [-0.05, 0) is 31.8 Å². The normalized spacial score (nSPS) is 18.6. The summed E-state index contributed by atoms with van der Waals surface area (Å²) in [6.45, 7) is 6.90. The van der Waals surface area contributed by atoms with E-state index in [2.05, 4.69) is 24.3 Å². The molecule has 0 spiro atoms. The molecule has 0 amide bonds. The molecule has 0 aromatic carbocycles. The average Bonchev–Trinajstić information content (AvgIpc) is 2.58. The molecular weight excluding hydrogens is 254 g/mol. The monoisotopic (exact) mass is 273 g/mol. The summed E-state index contributed by atoms with van der Waals surface area (Å²) in [6, 6.07) is 0. The van der Waals surface area contributed by atoms with Gasteiger partial charge >= 0.3 is 0 Å². The van der Waals surface area contributed by atoms with Gasteiger partial charge in [0.15, 0.2) is 5.15 Å². The topological polar surface area (TPSA) is 29.9 Å². The molecule has 1 fully saturated rings. The Morgan fingerprint density at radius 3 is 2.65 bits per heavy atom. The molecule has 3 nitrogen and oxygen atoms in total. The van der Waals surface area contributed by atoms with Crippen LogP contribution >= 0.6 is 23.4 Å². The number of hydrogen-bond donors (Lipinski definition) is 1. The second-order valence-corrected chi connectivity index (χ2v) is 7.24. The number of nitrogens with one attached hydrogen (secondary N) is 1. The van der Waals surface area contributed by atoms with Crippen LogP contribution in [-0.4, -0.2) is 27.6 Å². The number of piperidine rings is 1. The fraction of sp³-hybridized carbons (Fsp3) is 0.750. The van der Waals surface area contributed by atoms with Gasteiger partial charge in [-0.3, -0.25) is 4.68 Å². The predicted octanol–water partition coefficient (Wildman–Crippen LogP) is 2.94. The fourth-order valence-electron chi connectivity index (χ4n) is 2.39. The molecule has 2 rings (SSSR count). The zero-order valence-electron chi connectivity index (χ0n) is 10.7. The van der Waals surface area contributed by atoms with Crippen LogP contribution in [0.3, 0.4) is 0 Å². The van der Waals surface area contributed by atoms with Crippen molar-refractivity contribution < 1.29 is 0 Å². The lowest BCUT2D eigenvalue weighted by Gasteiger charge is -2.36. The van der Waals surface area contributed by atoms with Crippen LogP contribution in [0.4, 0.5) is 0 Å². The third-order valence-corrected chi connectivity index (χ3v) is 5.22. The van der Waals surface area contributed by atoms with Gasteiger partial charge in [-0.2, -0.15) is 5.10 Å². The molecule has 1 aliphatic heterocycles. The van der Waals surface area contributed by atoms with Gasteiger partial charge < -0.3 is 5.32 Å². The van der Waals surface area contributed by atoms with E-state index in [1.807, 2.05) is 25.0 Å². The Morgan fingerprint density at radius 1 is 1.47 bits per heavy atom. The molecule has 0 unspecified atom stereocenters. The Hall–Kier alpha value is -0.190. The Bertz CT molecular complexity index is 383. The molecule has 1 N–H and O–H groups in total. The molecule has 1 saturated heterocycles. The summed E-state index contributed by atoms with van der Waals surface area (Å²) in [6.07, 6.45) is 4.51. The minimum Gasteiger partial charge on any atom is -0.317 e. The first-order valence-electron chi connectivity index (χ1n) is 6.08. The van der Waals surface area contributed by atoms with Crippen molar-refractivity contribution in [3.05, 3.63) is 11.3 Å². The standard InChI is InChI=1S/C12H20ClN3S/c1-12(2,9-4-6-14-7-5-9)17-10-8-16(3)15-11(10)13/h8-9,14H,4-7H2,1-3H3. The highest BCUT2D eigenvalue weighted by atomic mass is 35.5. The van der Waals surface area contributed by atoms with Crippen LogP contribution in [0.15, 0.2) is 11.1 Å². The summed E-state index contributed by atoms with van der Waals surface area (Å²) < 4.78 is 2.00. The smallest absolute Gasteiger partial charge is 0.164 e. The third kappa shape index (κ3) is 3.18. The third-order valence-electron chi connectivity index (χ3n) is 3.45. The molecule has 0 bridgehead atoms. The number of aryl methyl sites for hydroxylation is 1. The number of halogens is 1. The van der Waals surface area contributed by atoms with Crippen molar-refractivity contribution in [2.45, 2.75) is 36.3 Å². The van der Waals surface area contributed by atoms with E-state index in [-0.39, 0.29) is 4.75 Å². The van der Waals surface area contributed by atoms with Gasteiger partial charge in [0.2, 0.25) is 0 Å². The molecule has 0 radical (unpaired) electrons. The van der Waals surface area contributed by atoms with Crippen molar-refractivity contribution in [1.82, 2.24) is 15.1 Å². The maximum Gasteiger partial charge on any atom is 0.164 e. The molecule has 5 heteroatoms. The van der Waals surface area contributed by atoms with E-state index in [1.165, 1.54) is 12.8 Å². The van der Waals surface area contributed by atoms with E-state index in [4.69, 9.17) is 11.6 Å². The van der Waals surface area contributed by atoms with Gasteiger partial charge in [0.25, 0.3) is 0 Å². The molecule has 2 heterocycles. The lowest BCUT2D eigenvalue weighted by atomic mass is 9.86. The first kappa shape index (κ1) is 13.2. The van der Waals surface area contributed by atoms with E-state index >= 15 is 0 Å². The first-order valence-corrected chi connectivity index (χ1v) is 7.27. The van der Waals surface area contributed by atoms with Gasteiger partial charge in [0.1, 0.15) is 0 Å². The molecular formula is C12H20ClN3S. The summed E-state index contributed by atoms with van der Waals surface area (Å²) in [7, 11) is 1.91.